The summed E-state index contributed by atoms with van der Waals surface area (Å²) in [6, 6.07) is 22.4. The van der Waals surface area contributed by atoms with Crippen molar-refractivity contribution in [3.8, 4) is 5.69 Å². The normalized spacial score (nSPS) is 16.1. The summed E-state index contributed by atoms with van der Waals surface area (Å²) >= 11 is 7.20. The van der Waals surface area contributed by atoms with Crippen LogP contribution in [0.5, 0.6) is 0 Å². The molecular weight excluding hydrogens is 502 g/mol. The van der Waals surface area contributed by atoms with E-state index in [2.05, 4.69) is 10.6 Å². The molecule has 0 spiro atoms. The van der Waals surface area contributed by atoms with Crippen LogP contribution in [-0.2, 0) is 6.42 Å². The van der Waals surface area contributed by atoms with Crippen molar-refractivity contribution in [3.63, 3.8) is 0 Å². The molecule has 2 N–H and O–H groups in total. The summed E-state index contributed by atoms with van der Waals surface area (Å²) in [6.07, 6.45) is 2.29. The number of benzene rings is 2. The van der Waals surface area contributed by atoms with Crippen molar-refractivity contribution in [1.29, 1.82) is 0 Å². The zero-order valence-electron chi connectivity index (χ0n) is 18.4. The first-order valence-corrected chi connectivity index (χ1v) is 11.9. The minimum Gasteiger partial charge on any atom is -0.347 e. The van der Waals surface area contributed by atoms with Crippen LogP contribution >= 0.6 is 36.4 Å². The van der Waals surface area contributed by atoms with E-state index in [1.54, 1.807) is 54.7 Å². The third-order valence-electron chi connectivity index (χ3n) is 5.86. The Morgan fingerprint density at radius 3 is 2.34 bits per heavy atom. The van der Waals surface area contributed by atoms with Crippen LogP contribution < -0.4 is 16.2 Å². The topological polar surface area (TPSA) is 80.2 Å². The highest BCUT2D eigenvalue weighted by atomic mass is 35.5. The first-order chi connectivity index (χ1) is 16.5. The minimum absolute atomic E-state index is 0. The molecule has 1 aliphatic rings. The average molecular weight is 524 g/mol. The fraction of sp³-hybridized carbons (Fsp3) is 0.115. The lowest BCUT2D eigenvalue weighted by Gasteiger charge is -2.23. The highest BCUT2D eigenvalue weighted by Gasteiger charge is 2.35. The fourth-order valence-electron chi connectivity index (χ4n) is 4.22. The fourth-order valence-corrected chi connectivity index (χ4v) is 5.17. The summed E-state index contributed by atoms with van der Waals surface area (Å²) < 4.78 is 2.06. The summed E-state index contributed by atoms with van der Waals surface area (Å²) in [4.78, 5) is 38.5. The number of rotatable bonds is 5. The van der Waals surface area contributed by atoms with E-state index in [9.17, 15) is 14.4 Å². The van der Waals surface area contributed by atoms with Crippen LogP contribution in [0, 0.1) is 0 Å². The van der Waals surface area contributed by atoms with Crippen molar-refractivity contribution in [2.75, 3.05) is 0 Å². The van der Waals surface area contributed by atoms with E-state index in [1.165, 1.54) is 22.0 Å². The van der Waals surface area contributed by atoms with Gasteiger partial charge in [-0.15, -0.1) is 11.3 Å². The van der Waals surface area contributed by atoms with Crippen molar-refractivity contribution in [2.45, 2.75) is 18.5 Å². The number of aromatic nitrogens is 1. The van der Waals surface area contributed by atoms with Gasteiger partial charge in [-0.2, -0.15) is 13.5 Å². The lowest BCUT2D eigenvalue weighted by atomic mass is 10.1. The Morgan fingerprint density at radius 1 is 0.886 bits per heavy atom. The third-order valence-corrected chi connectivity index (χ3v) is 7.09. The number of hydrogen-bond acceptors (Lipinski definition) is 4. The predicted molar refractivity (Wildman–Crippen MR) is 143 cm³/mol. The van der Waals surface area contributed by atoms with Crippen molar-refractivity contribution >= 4 is 48.2 Å². The molecular formula is C26H22ClN3O3S2. The molecule has 0 saturated heterocycles. The van der Waals surface area contributed by atoms with E-state index in [4.69, 9.17) is 11.6 Å². The lowest BCUT2D eigenvalue weighted by molar-refractivity contribution is 0.0890. The highest BCUT2D eigenvalue weighted by molar-refractivity contribution is 7.59. The number of nitrogens with zero attached hydrogens (tertiary/aromatic N) is 1. The van der Waals surface area contributed by atoms with Crippen LogP contribution in [0.1, 0.15) is 37.2 Å². The van der Waals surface area contributed by atoms with Crippen LogP contribution in [0.2, 0.25) is 4.34 Å². The maximum atomic E-state index is 13.1. The molecule has 4 aromatic rings. The summed E-state index contributed by atoms with van der Waals surface area (Å²) in [5, 5.41) is 6.15. The Morgan fingerprint density at radius 2 is 1.63 bits per heavy atom. The van der Waals surface area contributed by atoms with Gasteiger partial charge in [0, 0.05) is 23.5 Å². The van der Waals surface area contributed by atoms with Gasteiger partial charge in [-0.1, -0.05) is 41.9 Å². The number of carbonyl (C=O) groups is 2. The van der Waals surface area contributed by atoms with Crippen LogP contribution in [0.4, 0.5) is 0 Å². The molecule has 2 aromatic heterocycles. The van der Waals surface area contributed by atoms with Gasteiger partial charge in [-0.05, 0) is 60.0 Å². The van der Waals surface area contributed by atoms with Gasteiger partial charge < -0.3 is 10.6 Å². The van der Waals surface area contributed by atoms with Gasteiger partial charge in [-0.3, -0.25) is 19.0 Å². The van der Waals surface area contributed by atoms with Gasteiger partial charge in [0.2, 0.25) is 0 Å². The van der Waals surface area contributed by atoms with E-state index < -0.39 is 0 Å². The van der Waals surface area contributed by atoms with Crippen LogP contribution in [0.3, 0.4) is 0 Å². The molecule has 9 heteroatoms. The molecule has 2 heterocycles. The molecule has 0 radical (unpaired) electrons. The standard InChI is InChI=1S/C26H20ClN3O3S.H2S/c27-22-13-12-21(34-22)26(33)29-24-19-6-2-1-5-17(19)15-20(24)28-25(32)16-8-10-18(11-9-16)30-14-4-3-7-23(30)31;/h1-14,20,24H,15H2,(H,28,32)(H,29,33);1H2/t20-,24+;/m0./s1. The van der Waals surface area contributed by atoms with Crippen molar-refractivity contribution in [1.82, 2.24) is 15.2 Å². The van der Waals surface area contributed by atoms with Gasteiger partial charge in [-0.25, -0.2) is 0 Å². The zero-order valence-corrected chi connectivity index (χ0v) is 21.0. The van der Waals surface area contributed by atoms with Crippen LogP contribution in [-0.4, -0.2) is 22.4 Å². The van der Waals surface area contributed by atoms with E-state index in [1.807, 2.05) is 24.3 Å². The number of carbonyl (C=O) groups excluding carboxylic acids is 2. The SMILES string of the molecule is O=C(N[C@H]1Cc2ccccc2[C@H]1NC(=O)c1ccc(Cl)s1)c1ccc(-n2ccccc2=O)cc1.S. The molecule has 1 aliphatic carbocycles. The number of amides is 2. The second kappa shape index (κ2) is 10.5. The Kier molecular flexibility index (Phi) is 7.45. The maximum absolute atomic E-state index is 13.1. The molecule has 2 aromatic carbocycles. The van der Waals surface area contributed by atoms with Crippen LogP contribution in [0.25, 0.3) is 5.69 Å². The summed E-state index contributed by atoms with van der Waals surface area (Å²) in [6.45, 7) is 0. The largest absolute Gasteiger partial charge is 0.347 e. The number of fused-ring (bicyclic) bond motifs is 1. The monoisotopic (exact) mass is 523 g/mol. The van der Waals surface area contributed by atoms with Gasteiger partial charge in [0.1, 0.15) is 0 Å². The highest BCUT2D eigenvalue weighted by Crippen LogP contribution is 2.32. The number of thiophene rings is 1. The number of nitrogens with one attached hydrogen (secondary N) is 2. The maximum Gasteiger partial charge on any atom is 0.261 e. The molecule has 6 nitrogen and oxygen atoms in total. The van der Waals surface area contributed by atoms with E-state index in [-0.39, 0.29) is 43.0 Å². The molecule has 2 atom stereocenters. The quantitative estimate of drug-likeness (QED) is 0.404. The first kappa shape index (κ1) is 24.8. The number of hydrogen-bond donors (Lipinski definition) is 2. The molecule has 2 amide bonds. The van der Waals surface area contributed by atoms with Crippen molar-refractivity contribution < 1.29 is 9.59 Å². The Labute approximate surface area is 218 Å². The average Bonchev–Trinajstić information content (AvgIpc) is 3.43. The summed E-state index contributed by atoms with van der Waals surface area (Å²) in [5.41, 5.74) is 3.08. The third kappa shape index (κ3) is 5.19. The minimum atomic E-state index is -0.365. The van der Waals surface area contributed by atoms with Gasteiger partial charge in [0.25, 0.3) is 17.4 Å². The van der Waals surface area contributed by atoms with E-state index in [0.29, 0.717) is 26.9 Å². The zero-order chi connectivity index (χ0) is 23.7. The van der Waals surface area contributed by atoms with E-state index >= 15 is 0 Å². The lowest BCUT2D eigenvalue weighted by Crippen LogP contribution is -2.44. The van der Waals surface area contributed by atoms with Gasteiger partial charge in [0.15, 0.2) is 0 Å². The van der Waals surface area contributed by atoms with Gasteiger partial charge >= 0.3 is 0 Å². The number of pyridine rings is 1. The van der Waals surface area contributed by atoms with Gasteiger partial charge in [0.05, 0.1) is 21.3 Å². The molecule has 0 aliphatic heterocycles. The second-order valence-corrected chi connectivity index (χ2v) is 9.71. The number of halogens is 1. The molecule has 5 rings (SSSR count). The Hall–Kier alpha value is -3.33. The molecule has 0 bridgehead atoms. The van der Waals surface area contributed by atoms with Crippen molar-refractivity contribution in [2.24, 2.45) is 0 Å². The second-order valence-electron chi connectivity index (χ2n) is 7.99. The van der Waals surface area contributed by atoms with Crippen LogP contribution in [0.15, 0.2) is 89.9 Å². The Balaban J connectivity index is 0.00000289. The smallest absolute Gasteiger partial charge is 0.261 e. The molecule has 0 unspecified atom stereocenters. The van der Waals surface area contributed by atoms with Crippen molar-refractivity contribution in [3.05, 3.63) is 121 Å². The molecule has 178 valence electrons. The summed E-state index contributed by atoms with van der Waals surface area (Å²) in [5.74, 6) is -0.473. The summed E-state index contributed by atoms with van der Waals surface area (Å²) in [7, 11) is 0. The Bertz CT molecular complexity index is 1430. The molecule has 0 saturated carbocycles. The predicted octanol–water partition coefficient (Wildman–Crippen LogP) is 4.49. The molecule has 35 heavy (non-hydrogen) atoms. The first-order valence-electron chi connectivity index (χ1n) is 10.7. The van der Waals surface area contributed by atoms with E-state index in [0.717, 1.165) is 11.1 Å². The molecule has 0 fully saturated rings.